The molecule has 0 amide bonds. The maximum absolute atomic E-state index is 13.0. The van der Waals surface area contributed by atoms with Crippen LogP contribution in [0.15, 0.2) is 12.1 Å². The number of aliphatic carboxylic acids is 1. The fraction of sp³-hybridized carbons (Fsp3) is 0.125. The van der Waals surface area contributed by atoms with Crippen molar-refractivity contribution in [3.05, 3.63) is 39.4 Å². The number of carboxylic acids is 1. The van der Waals surface area contributed by atoms with E-state index in [4.69, 9.17) is 10.2 Å². The number of nitrogens with zero attached hydrogens (tertiary/aromatic N) is 1. The standard InChI is InChI=1S/C8H5F2NO5/c9-5-2-3(11(15)16)1-4(6(5)10)7(12)8(13)14/h1-2,7,12H,(H,13,14)/t7-/m0/s1. The van der Waals surface area contributed by atoms with Crippen LogP contribution in [0.25, 0.3) is 0 Å². The average Bonchev–Trinajstić information content (AvgIpc) is 2.20. The molecule has 1 rings (SSSR count). The summed E-state index contributed by atoms with van der Waals surface area (Å²) in [6.07, 6.45) is -2.35. The first kappa shape index (κ1) is 12.0. The summed E-state index contributed by atoms with van der Waals surface area (Å²) in [7, 11) is 0. The van der Waals surface area contributed by atoms with Crippen LogP contribution in [0.1, 0.15) is 11.7 Å². The zero-order chi connectivity index (χ0) is 12.5. The minimum absolute atomic E-state index is 0.299. The average molecular weight is 233 g/mol. The molecule has 8 heteroatoms. The van der Waals surface area contributed by atoms with Gasteiger partial charge in [0.15, 0.2) is 17.7 Å². The van der Waals surface area contributed by atoms with Crippen LogP contribution in [0.2, 0.25) is 0 Å². The van der Waals surface area contributed by atoms with E-state index in [1.807, 2.05) is 0 Å². The molecule has 0 saturated carbocycles. The van der Waals surface area contributed by atoms with Crippen LogP contribution in [0.3, 0.4) is 0 Å². The highest BCUT2D eigenvalue weighted by atomic mass is 19.2. The molecule has 0 aliphatic rings. The summed E-state index contributed by atoms with van der Waals surface area (Å²) in [4.78, 5) is 19.6. The summed E-state index contributed by atoms with van der Waals surface area (Å²) in [6, 6.07) is 0.768. The molecule has 0 aromatic heterocycles. The number of nitro groups is 1. The summed E-state index contributed by atoms with van der Waals surface area (Å²) in [5, 5.41) is 27.6. The molecule has 0 radical (unpaired) electrons. The molecule has 6 nitrogen and oxygen atoms in total. The second kappa shape index (κ2) is 4.19. The van der Waals surface area contributed by atoms with Gasteiger partial charge in [-0.05, 0) is 0 Å². The Morgan fingerprint density at radius 2 is 2.00 bits per heavy atom. The number of carbonyl (C=O) groups is 1. The highest BCUT2D eigenvalue weighted by molar-refractivity contribution is 5.74. The van der Waals surface area contributed by atoms with Crippen molar-refractivity contribution >= 4 is 11.7 Å². The van der Waals surface area contributed by atoms with E-state index >= 15 is 0 Å². The van der Waals surface area contributed by atoms with Crippen molar-refractivity contribution in [2.75, 3.05) is 0 Å². The molecule has 0 aliphatic heterocycles. The first-order valence-corrected chi connectivity index (χ1v) is 3.88. The van der Waals surface area contributed by atoms with E-state index in [2.05, 4.69) is 0 Å². The van der Waals surface area contributed by atoms with Crippen molar-refractivity contribution < 1.29 is 28.7 Å². The third-order valence-electron chi connectivity index (χ3n) is 1.78. The lowest BCUT2D eigenvalue weighted by Crippen LogP contribution is -2.13. The van der Waals surface area contributed by atoms with Gasteiger partial charge < -0.3 is 10.2 Å². The smallest absolute Gasteiger partial charge is 0.337 e. The van der Waals surface area contributed by atoms with E-state index in [-0.39, 0.29) is 0 Å². The quantitative estimate of drug-likeness (QED) is 0.598. The highest BCUT2D eigenvalue weighted by Gasteiger charge is 2.25. The molecule has 1 atom stereocenters. The van der Waals surface area contributed by atoms with Crippen LogP contribution in [-0.2, 0) is 4.79 Å². The van der Waals surface area contributed by atoms with Crippen molar-refractivity contribution in [2.24, 2.45) is 0 Å². The van der Waals surface area contributed by atoms with E-state index in [1.165, 1.54) is 0 Å². The molecular formula is C8H5F2NO5. The molecule has 16 heavy (non-hydrogen) atoms. The number of aliphatic hydroxyl groups is 1. The van der Waals surface area contributed by atoms with Crippen molar-refractivity contribution in [1.29, 1.82) is 0 Å². The van der Waals surface area contributed by atoms with Gasteiger partial charge >= 0.3 is 5.97 Å². The van der Waals surface area contributed by atoms with Gasteiger partial charge in [0.2, 0.25) is 0 Å². The minimum atomic E-state index is -2.35. The number of halogens is 2. The van der Waals surface area contributed by atoms with E-state index < -0.39 is 39.9 Å². The van der Waals surface area contributed by atoms with Crippen LogP contribution in [0.5, 0.6) is 0 Å². The number of hydrogen-bond donors (Lipinski definition) is 2. The fourth-order valence-electron chi connectivity index (χ4n) is 1.03. The first-order chi connectivity index (χ1) is 7.34. The Balaban J connectivity index is 3.37. The lowest BCUT2D eigenvalue weighted by atomic mass is 10.1. The van der Waals surface area contributed by atoms with Gasteiger partial charge in [-0.1, -0.05) is 0 Å². The number of non-ortho nitro benzene ring substituents is 1. The van der Waals surface area contributed by atoms with Gasteiger partial charge in [0.1, 0.15) is 0 Å². The number of benzene rings is 1. The second-order valence-corrected chi connectivity index (χ2v) is 2.83. The van der Waals surface area contributed by atoms with Crippen LogP contribution >= 0.6 is 0 Å². The van der Waals surface area contributed by atoms with E-state index in [0.717, 1.165) is 0 Å². The van der Waals surface area contributed by atoms with Gasteiger partial charge in [-0.25, -0.2) is 13.6 Å². The molecule has 1 aromatic rings. The molecule has 0 aliphatic carbocycles. The van der Waals surface area contributed by atoms with Gasteiger partial charge in [-0.2, -0.15) is 0 Å². The van der Waals surface area contributed by atoms with Gasteiger partial charge in [-0.15, -0.1) is 0 Å². The van der Waals surface area contributed by atoms with Crippen molar-refractivity contribution in [3.8, 4) is 0 Å². The van der Waals surface area contributed by atoms with E-state index in [1.54, 1.807) is 0 Å². The second-order valence-electron chi connectivity index (χ2n) is 2.83. The maximum atomic E-state index is 13.0. The molecule has 0 unspecified atom stereocenters. The molecule has 0 bridgehead atoms. The van der Waals surface area contributed by atoms with Crippen molar-refractivity contribution in [2.45, 2.75) is 6.10 Å². The van der Waals surface area contributed by atoms with Crippen LogP contribution in [-0.4, -0.2) is 21.1 Å². The minimum Gasteiger partial charge on any atom is -0.479 e. The number of carboxylic acid groups (broad SMARTS) is 1. The Morgan fingerprint density at radius 3 is 2.44 bits per heavy atom. The lowest BCUT2D eigenvalue weighted by Gasteiger charge is -2.07. The third-order valence-corrected chi connectivity index (χ3v) is 1.78. The van der Waals surface area contributed by atoms with Gasteiger partial charge in [0, 0.05) is 11.6 Å². The summed E-state index contributed by atoms with van der Waals surface area (Å²) >= 11 is 0. The van der Waals surface area contributed by atoms with Crippen molar-refractivity contribution in [1.82, 2.24) is 0 Å². The molecule has 0 heterocycles. The summed E-state index contributed by atoms with van der Waals surface area (Å²) in [6.45, 7) is 0. The lowest BCUT2D eigenvalue weighted by molar-refractivity contribution is -0.385. The first-order valence-electron chi connectivity index (χ1n) is 3.88. The SMILES string of the molecule is O=C(O)[C@@H](O)c1cc([N+](=O)[O-])cc(F)c1F. The number of hydrogen-bond acceptors (Lipinski definition) is 4. The monoisotopic (exact) mass is 233 g/mol. The van der Waals surface area contributed by atoms with Crippen LogP contribution < -0.4 is 0 Å². The largest absolute Gasteiger partial charge is 0.479 e. The zero-order valence-corrected chi connectivity index (χ0v) is 7.55. The van der Waals surface area contributed by atoms with Crippen molar-refractivity contribution in [3.63, 3.8) is 0 Å². The zero-order valence-electron chi connectivity index (χ0n) is 7.55. The predicted octanol–water partition coefficient (Wildman–Crippen LogP) is 0.991. The van der Waals surface area contributed by atoms with Gasteiger partial charge in [0.05, 0.1) is 11.0 Å². The Labute approximate surface area is 86.9 Å². The molecule has 0 saturated heterocycles. The Bertz CT molecular complexity index is 462. The van der Waals surface area contributed by atoms with Gasteiger partial charge in [-0.3, -0.25) is 10.1 Å². The molecular weight excluding hydrogens is 228 g/mol. The number of aliphatic hydroxyl groups excluding tert-OH is 1. The number of rotatable bonds is 3. The summed E-state index contributed by atoms with van der Waals surface area (Å²) in [5.74, 6) is -5.05. The fourth-order valence-corrected chi connectivity index (χ4v) is 1.03. The third kappa shape index (κ3) is 2.11. The molecule has 0 fully saturated rings. The molecule has 0 spiro atoms. The molecule has 86 valence electrons. The van der Waals surface area contributed by atoms with E-state index in [0.29, 0.717) is 12.1 Å². The Morgan fingerprint density at radius 1 is 1.44 bits per heavy atom. The summed E-state index contributed by atoms with van der Waals surface area (Å²) < 4.78 is 25.9. The van der Waals surface area contributed by atoms with Crippen LogP contribution in [0, 0.1) is 21.7 Å². The number of nitro benzene ring substituents is 1. The van der Waals surface area contributed by atoms with Gasteiger partial charge in [0.25, 0.3) is 5.69 Å². The normalized spacial score (nSPS) is 12.2. The maximum Gasteiger partial charge on any atom is 0.337 e. The molecule has 1 aromatic carbocycles. The molecule has 2 N–H and O–H groups in total. The predicted molar refractivity (Wildman–Crippen MR) is 45.6 cm³/mol. The van der Waals surface area contributed by atoms with Crippen LogP contribution in [0.4, 0.5) is 14.5 Å². The Hall–Kier alpha value is -2.09. The van der Waals surface area contributed by atoms with E-state index in [9.17, 15) is 23.7 Å². The Kier molecular flexibility index (Phi) is 3.14. The topological polar surface area (TPSA) is 101 Å². The summed E-state index contributed by atoms with van der Waals surface area (Å²) in [5.41, 5.74) is -1.83. The highest BCUT2D eigenvalue weighted by Crippen LogP contribution is 2.25.